The molecule has 0 aliphatic rings. The molecular formula is C30H21F3N6O. The van der Waals surface area contributed by atoms with Crippen LogP contribution in [0.25, 0.3) is 33.8 Å². The van der Waals surface area contributed by atoms with Gasteiger partial charge in [0, 0.05) is 29.4 Å². The van der Waals surface area contributed by atoms with Crippen LogP contribution in [0.15, 0.2) is 103 Å². The van der Waals surface area contributed by atoms with Crippen molar-refractivity contribution < 1.29 is 18.0 Å². The van der Waals surface area contributed by atoms with Crippen molar-refractivity contribution in [2.24, 2.45) is 0 Å². The highest BCUT2D eigenvalue weighted by atomic mass is 19.3. The first kappa shape index (κ1) is 25.1. The number of carbonyl (C=O) groups is 1. The molecule has 0 fully saturated rings. The summed E-state index contributed by atoms with van der Waals surface area (Å²) in [5.41, 5.74) is 3.36. The van der Waals surface area contributed by atoms with E-state index in [0.717, 1.165) is 21.3 Å². The second kappa shape index (κ2) is 10.5. The molecule has 40 heavy (non-hydrogen) atoms. The molecule has 0 radical (unpaired) electrons. The SMILES string of the molecule is O=C(NCc1cn(-c2ccccc2)nc1-c1ccccc1)c1cnn2c(C(F)F)cc(-c3ccc(F)cc3)nc12. The van der Waals surface area contributed by atoms with Crippen molar-refractivity contribution in [3.8, 4) is 28.2 Å². The van der Waals surface area contributed by atoms with Gasteiger partial charge in [-0.05, 0) is 42.5 Å². The number of aromatic nitrogens is 5. The third-order valence-electron chi connectivity index (χ3n) is 6.40. The topological polar surface area (TPSA) is 77.1 Å². The molecule has 0 bridgehead atoms. The van der Waals surface area contributed by atoms with Crippen LogP contribution in [0.5, 0.6) is 0 Å². The molecule has 3 aromatic carbocycles. The maximum Gasteiger partial charge on any atom is 0.280 e. The summed E-state index contributed by atoms with van der Waals surface area (Å²) in [6.45, 7) is 0.118. The number of hydrogen-bond donors (Lipinski definition) is 1. The standard InChI is InChI=1S/C30H21F3N6O/c31-22-13-11-19(12-14-22)25-15-26(28(32)33)39-29(36-25)24(17-35-39)30(40)34-16-21-18-38(23-9-5-2-6-10-23)37-27(21)20-7-3-1-4-8-20/h1-15,17-18,28H,16H2,(H,34,40). The van der Waals surface area contributed by atoms with Crippen molar-refractivity contribution in [1.29, 1.82) is 0 Å². The van der Waals surface area contributed by atoms with Gasteiger partial charge in [-0.1, -0.05) is 48.5 Å². The summed E-state index contributed by atoms with van der Waals surface area (Å²) in [6.07, 6.45) is 0.176. The molecule has 7 nitrogen and oxygen atoms in total. The zero-order valence-electron chi connectivity index (χ0n) is 20.9. The normalized spacial score (nSPS) is 11.3. The Morgan fingerprint density at radius 2 is 1.60 bits per heavy atom. The number of fused-ring (bicyclic) bond motifs is 1. The van der Waals surface area contributed by atoms with E-state index < -0.39 is 23.8 Å². The number of alkyl halides is 2. The number of para-hydroxylation sites is 1. The zero-order chi connectivity index (χ0) is 27.6. The smallest absolute Gasteiger partial charge is 0.280 e. The molecule has 0 aliphatic heterocycles. The Morgan fingerprint density at radius 1 is 0.900 bits per heavy atom. The summed E-state index contributed by atoms with van der Waals surface area (Å²) in [6, 6.07) is 25.7. The third-order valence-corrected chi connectivity index (χ3v) is 6.40. The van der Waals surface area contributed by atoms with Crippen LogP contribution >= 0.6 is 0 Å². The van der Waals surface area contributed by atoms with E-state index >= 15 is 0 Å². The number of rotatable bonds is 7. The molecule has 10 heteroatoms. The predicted octanol–water partition coefficient (Wildman–Crippen LogP) is 6.26. The summed E-state index contributed by atoms with van der Waals surface area (Å²) < 4.78 is 44.0. The molecule has 0 saturated heterocycles. The summed E-state index contributed by atoms with van der Waals surface area (Å²) >= 11 is 0. The Morgan fingerprint density at radius 3 is 2.30 bits per heavy atom. The number of amides is 1. The lowest BCUT2D eigenvalue weighted by Gasteiger charge is -2.09. The van der Waals surface area contributed by atoms with Crippen LogP contribution in [0.4, 0.5) is 13.2 Å². The lowest BCUT2D eigenvalue weighted by Crippen LogP contribution is -2.23. The van der Waals surface area contributed by atoms with Crippen LogP contribution in [0, 0.1) is 5.82 Å². The average Bonchev–Trinajstić information content (AvgIpc) is 3.61. The molecule has 1 N–H and O–H groups in total. The van der Waals surface area contributed by atoms with E-state index in [0.29, 0.717) is 11.3 Å². The molecule has 0 spiro atoms. The number of halogens is 3. The van der Waals surface area contributed by atoms with E-state index in [2.05, 4.69) is 15.4 Å². The molecule has 0 unspecified atom stereocenters. The zero-order valence-corrected chi connectivity index (χ0v) is 20.9. The van der Waals surface area contributed by atoms with E-state index in [1.54, 1.807) is 4.68 Å². The molecule has 1 amide bonds. The quantitative estimate of drug-likeness (QED) is 0.261. The number of carbonyl (C=O) groups excluding carboxylic acids is 1. The fourth-order valence-corrected chi connectivity index (χ4v) is 4.43. The van der Waals surface area contributed by atoms with E-state index in [1.807, 2.05) is 66.9 Å². The van der Waals surface area contributed by atoms with Gasteiger partial charge < -0.3 is 5.32 Å². The molecular weight excluding hydrogens is 517 g/mol. The molecule has 3 heterocycles. The van der Waals surface area contributed by atoms with Gasteiger partial charge in [0.15, 0.2) is 5.65 Å². The number of nitrogens with zero attached hydrogens (tertiary/aromatic N) is 5. The van der Waals surface area contributed by atoms with Crippen LogP contribution in [0.3, 0.4) is 0 Å². The van der Waals surface area contributed by atoms with Gasteiger partial charge >= 0.3 is 0 Å². The first-order chi connectivity index (χ1) is 19.5. The summed E-state index contributed by atoms with van der Waals surface area (Å²) in [5, 5.41) is 11.6. The van der Waals surface area contributed by atoms with Crippen LogP contribution in [0.1, 0.15) is 28.0 Å². The Bertz CT molecular complexity index is 1800. The van der Waals surface area contributed by atoms with E-state index in [1.165, 1.54) is 36.5 Å². The van der Waals surface area contributed by atoms with Crippen LogP contribution in [-0.2, 0) is 6.54 Å². The predicted molar refractivity (Wildman–Crippen MR) is 144 cm³/mol. The van der Waals surface area contributed by atoms with E-state index in [4.69, 9.17) is 5.10 Å². The Kier molecular flexibility index (Phi) is 6.57. The van der Waals surface area contributed by atoms with Gasteiger partial charge in [0.05, 0.1) is 23.3 Å². The fourth-order valence-electron chi connectivity index (χ4n) is 4.43. The highest BCUT2D eigenvalue weighted by Gasteiger charge is 2.22. The molecule has 6 rings (SSSR count). The molecule has 6 aromatic rings. The van der Waals surface area contributed by atoms with Crippen molar-refractivity contribution in [2.45, 2.75) is 13.0 Å². The minimum absolute atomic E-state index is 0.0297. The third kappa shape index (κ3) is 4.82. The van der Waals surface area contributed by atoms with E-state index in [9.17, 15) is 18.0 Å². The molecule has 0 atom stereocenters. The first-order valence-electron chi connectivity index (χ1n) is 12.4. The highest BCUT2D eigenvalue weighted by Crippen LogP contribution is 2.28. The van der Waals surface area contributed by atoms with Gasteiger partial charge in [0.25, 0.3) is 12.3 Å². The summed E-state index contributed by atoms with van der Waals surface area (Å²) in [4.78, 5) is 17.8. The Balaban J connectivity index is 1.34. The van der Waals surface area contributed by atoms with Gasteiger partial charge in [-0.3, -0.25) is 4.79 Å². The maximum atomic E-state index is 13.9. The van der Waals surface area contributed by atoms with Gasteiger partial charge in [0.2, 0.25) is 0 Å². The number of benzene rings is 3. The van der Waals surface area contributed by atoms with Crippen LogP contribution in [0.2, 0.25) is 0 Å². The van der Waals surface area contributed by atoms with E-state index in [-0.39, 0.29) is 23.4 Å². The van der Waals surface area contributed by atoms with Crippen LogP contribution < -0.4 is 5.32 Å². The van der Waals surface area contributed by atoms with Crippen molar-refractivity contribution in [3.63, 3.8) is 0 Å². The fraction of sp³-hybridized carbons (Fsp3) is 0.0667. The van der Waals surface area contributed by atoms with Gasteiger partial charge in [-0.15, -0.1) is 0 Å². The molecule has 0 saturated carbocycles. The molecule has 0 aliphatic carbocycles. The lowest BCUT2D eigenvalue weighted by atomic mass is 10.1. The van der Waals surface area contributed by atoms with Crippen molar-refractivity contribution >= 4 is 11.6 Å². The summed E-state index contributed by atoms with van der Waals surface area (Å²) in [7, 11) is 0. The van der Waals surface area contributed by atoms with Gasteiger partial charge in [-0.2, -0.15) is 10.2 Å². The lowest BCUT2D eigenvalue weighted by molar-refractivity contribution is 0.0952. The molecule has 198 valence electrons. The maximum absolute atomic E-state index is 13.9. The Hall–Kier alpha value is -5.25. The van der Waals surface area contributed by atoms with Crippen LogP contribution in [-0.4, -0.2) is 30.3 Å². The van der Waals surface area contributed by atoms with Crippen molar-refractivity contribution in [3.05, 3.63) is 126 Å². The monoisotopic (exact) mass is 538 g/mol. The highest BCUT2D eigenvalue weighted by molar-refractivity contribution is 6.00. The summed E-state index contributed by atoms with van der Waals surface area (Å²) in [5.74, 6) is -1.00. The van der Waals surface area contributed by atoms with Gasteiger partial charge in [-0.25, -0.2) is 27.4 Å². The minimum atomic E-state index is -2.88. The minimum Gasteiger partial charge on any atom is -0.348 e. The second-order valence-electron chi connectivity index (χ2n) is 9.00. The largest absolute Gasteiger partial charge is 0.348 e. The average molecular weight is 539 g/mol. The second-order valence-corrected chi connectivity index (χ2v) is 9.00. The number of nitrogens with one attached hydrogen (secondary N) is 1. The number of hydrogen-bond acceptors (Lipinski definition) is 4. The van der Waals surface area contributed by atoms with Crippen molar-refractivity contribution in [2.75, 3.05) is 0 Å². The molecule has 3 aromatic heterocycles. The van der Waals surface area contributed by atoms with Crippen molar-refractivity contribution in [1.82, 2.24) is 29.7 Å². The first-order valence-corrected chi connectivity index (χ1v) is 12.4. The Labute approximate surface area is 226 Å². The van der Waals surface area contributed by atoms with Gasteiger partial charge in [0.1, 0.15) is 17.1 Å².